The van der Waals surface area contributed by atoms with Gasteiger partial charge in [0, 0.05) is 38.5 Å². The van der Waals surface area contributed by atoms with Crippen LogP contribution < -0.4 is 10.2 Å². The Bertz CT molecular complexity index is 408. The fraction of sp³-hybridized carbons (Fsp3) is 0.688. The molecular formula is C16H25N3O. The third-order valence-corrected chi connectivity index (χ3v) is 4.15. The van der Waals surface area contributed by atoms with Crippen LogP contribution in [0.2, 0.25) is 0 Å². The average Bonchev–Trinajstić information content (AvgIpc) is 3.31. The van der Waals surface area contributed by atoms with E-state index in [1.165, 1.54) is 18.4 Å². The molecule has 0 radical (unpaired) electrons. The summed E-state index contributed by atoms with van der Waals surface area (Å²) in [5.41, 5.74) is 1.28. The van der Waals surface area contributed by atoms with Crippen LogP contribution in [-0.2, 0) is 11.3 Å². The molecule has 1 N–H and O–H groups in total. The number of aromatic nitrogens is 1. The zero-order valence-electron chi connectivity index (χ0n) is 12.3. The van der Waals surface area contributed by atoms with E-state index in [4.69, 9.17) is 4.74 Å². The first kappa shape index (κ1) is 13.8. The molecule has 20 heavy (non-hydrogen) atoms. The van der Waals surface area contributed by atoms with Gasteiger partial charge in [0.2, 0.25) is 0 Å². The maximum Gasteiger partial charge on any atom is 0.128 e. The molecule has 1 saturated carbocycles. The fourth-order valence-corrected chi connectivity index (χ4v) is 2.75. The van der Waals surface area contributed by atoms with Crippen LogP contribution in [0.5, 0.6) is 0 Å². The molecule has 1 saturated heterocycles. The Morgan fingerprint density at radius 2 is 2.05 bits per heavy atom. The topological polar surface area (TPSA) is 37.4 Å². The molecule has 0 atom stereocenters. The van der Waals surface area contributed by atoms with E-state index in [0.717, 1.165) is 50.9 Å². The highest BCUT2D eigenvalue weighted by molar-refractivity contribution is 5.39. The molecule has 1 aromatic rings. The predicted molar refractivity (Wildman–Crippen MR) is 81.0 cm³/mol. The number of piperidine rings is 1. The van der Waals surface area contributed by atoms with Crippen molar-refractivity contribution in [3.05, 3.63) is 23.9 Å². The molecule has 1 aromatic heterocycles. The molecule has 2 heterocycles. The number of hydrogen-bond donors (Lipinski definition) is 1. The average molecular weight is 275 g/mol. The Hall–Kier alpha value is -1.13. The second kappa shape index (κ2) is 6.55. The van der Waals surface area contributed by atoms with E-state index >= 15 is 0 Å². The number of pyridine rings is 1. The highest BCUT2D eigenvalue weighted by atomic mass is 16.5. The van der Waals surface area contributed by atoms with E-state index in [0.29, 0.717) is 6.10 Å². The molecule has 4 nitrogen and oxygen atoms in total. The molecule has 1 aliphatic carbocycles. The lowest BCUT2D eigenvalue weighted by Gasteiger charge is -2.32. The minimum absolute atomic E-state index is 0.443. The van der Waals surface area contributed by atoms with Gasteiger partial charge in [-0.3, -0.25) is 0 Å². The molecule has 2 aliphatic rings. The molecule has 0 spiro atoms. The summed E-state index contributed by atoms with van der Waals surface area (Å²) in [6.45, 7) is 5.95. The zero-order valence-corrected chi connectivity index (χ0v) is 12.3. The van der Waals surface area contributed by atoms with Gasteiger partial charge in [0.1, 0.15) is 5.82 Å². The van der Waals surface area contributed by atoms with Gasteiger partial charge >= 0.3 is 0 Å². The van der Waals surface area contributed by atoms with Gasteiger partial charge in [0.05, 0.1) is 6.10 Å². The Labute approximate surface area is 121 Å². The Balaban J connectivity index is 1.49. The van der Waals surface area contributed by atoms with Crippen molar-refractivity contribution in [1.29, 1.82) is 0 Å². The number of nitrogens with zero attached hydrogens (tertiary/aromatic N) is 2. The third kappa shape index (κ3) is 3.70. The van der Waals surface area contributed by atoms with Crippen LogP contribution in [0.25, 0.3) is 0 Å². The molecule has 110 valence electrons. The van der Waals surface area contributed by atoms with Crippen molar-refractivity contribution >= 4 is 5.82 Å². The summed E-state index contributed by atoms with van der Waals surface area (Å²) < 4.78 is 5.69. The van der Waals surface area contributed by atoms with Crippen LogP contribution in [0.15, 0.2) is 18.3 Å². The minimum atomic E-state index is 0.443. The number of ether oxygens (including phenoxy) is 1. The van der Waals surface area contributed by atoms with Crippen LogP contribution in [-0.4, -0.2) is 36.8 Å². The van der Waals surface area contributed by atoms with Gasteiger partial charge in [-0.25, -0.2) is 4.98 Å². The van der Waals surface area contributed by atoms with Crippen LogP contribution in [0.3, 0.4) is 0 Å². The highest BCUT2D eigenvalue weighted by Crippen LogP contribution is 2.21. The van der Waals surface area contributed by atoms with Crippen LogP contribution >= 0.6 is 0 Å². The van der Waals surface area contributed by atoms with Gasteiger partial charge < -0.3 is 15.0 Å². The highest BCUT2D eigenvalue weighted by Gasteiger charge is 2.21. The van der Waals surface area contributed by atoms with E-state index in [-0.39, 0.29) is 0 Å². The predicted octanol–water partition coefficient (Wildman–Crippen LogP) is 2.34. The molecule has 0 unspecified atom stereocenters. The number of hydrogen-bond acceptors (Lipinski definition) is 4. The van der Waals surface area contributed by atoms with Gasteiger partial charge in [-0.1, -0.05) is 6.07 Å². The van der Waals surface area contributed by atoms with Gasteiger partial charge in [-0.2, -0.15) is 0 Å². The monoisotopic (exact) mass is 275 g/mol. The first-order valence-electron chi connectivity index (χ1n) is 7.90. The van der Waals surface area contributed by atoms with Crippen molar-refractivity contribution in [2.75, 3.05) is 24.6 Å². The largest absolute Gasteiger partial charge is 0.378 e. The minimum Gasteiger partial charge on any atom is -0.378 e. The summed E-state index contributed by atoms with van der Waals surface area (Å²) >= 11 is 0. The van der Waals surface area contributed by atoms with E-state index in [1.807, 2.05) is 6.20 Å². The summed E-state index contributed by atoms with van der Waals surface area (Å²) in [5.74, 6) is 1.11. The van der Waals surface area contributed by atoms with E-state index in [1.54, 1.807) is 0 Å². The summed E-state index contributed by atoms with van der Waals surface area (Å²) in [4.78, 5) is 6.99. The van der Waals surface area contributed by atoms with Crippen molar-refractivity contribution < 1.29 is 4.74 Å². The third-order valence-electron chi connectivity index (χ3n) is 4.15. The van der Waals surface area contributed by atoms with Gasteiger partial charge in [0.15, 0.2) is 0 Å². The Morgan fingerprint density at radius 3 is 2.65 bits per heavy atom. The van der Waals surface area contributed by atoms with Crippen LogP contribution in [0.4, 0.5) is 5.82 Å². The van der Waals surface area contributed by atoms with E-state index in [9.17, 15) is 0 Å². The molecule has 0 aromatic carbocycles. The fourth-order valence-electron chi connectivity index (χ4n) is 2.75. The summed E-state index contributed by atoms with van der Waals surface area (Å²) in [7, 11) is 0. The molecular weight excluding hydrogens is 250 g/mol. The second-order valence-electron chi connectivity index (χ2n) is 5.82. The van der Waals surface area contributed by atoms with Gasteiger partial charge in [0.25, 0.3) is 0 Å². The molecule has 0 amide bonds. The maximum atomic E-state index is 5.69. The Morgan fingerprint density at radius 1 is 1.25 bits per heavy atom. The Kier molecular flexibility index (Phi) is 4.53. The summed E-state index contributed by atoms with van der Waals surface area (Å²) in [5, 5.41) is 3.52. The lowest BCUT2D eigenvalue weighted by molar-refractivity contribution is 0.0458. The van der Waals surface area contributed by atoms with E-state index in [2.05, 4.69) is 34.3 Å². The SMILES string of the molecule is CCOC1CCN(c2ccc(CNC3CC3)cn2)CC1. The molecule has 2 fully saturated rings. The van der Waals surface area contributed by atoms with Crippen molar-refractivity contribution in [3.8, 4) is 0 Å². The molecule has 3 rings (SSSR count). The van der Waals surface area contributed by atoms with Crippen molar-refractivity contribution in [2.24, 2.45) is 0 Å². The lowest BCUT2D eigenvalue weighted by atomic mass is 10.1. The van der Waals surface area contributed by atoms with Crippen molar-refractivity contribution in [1.82, 2.24) is 10.3 Å². The molecule has 4 heteroatoms. The van der Waals surface area contributed by atoms with Crippen LogP contribution in [0, 0.1) is 0 Å². The van der Waals surface area contributed by atoms with Crippen molar-refractivity contribution in [2.45, 2.75) is 51.3 Å². The first-order valence-corrected chi connectivity index (χ1v) is 7.90. The summed E-state index contributed by atoms with van der Waals surface area (Å²) in [6.07, 6.45) is 7.35. The first-order chi connectivity index (χ1) is 9.85. The quantitative estimate of drug-likeness (QED) is 0.864. The second-order valence-corrected chi connectivity index (χ2v) is 5.82. The number of rotatable bonds is 6. The molecule has 0 bridgehead atoms. The van der Waals surface area contributed by atoms with Gasteiger partial charge in [-0.05, 0) is 44.2 Å². The normalized spacial score (nSPS) is 20.4. The van der Waals surface area contributed by atoms with Crippen LogP contribution in [0.1, 0.15) is 38.2 Å². The zero-order chi connectivity index (χ0) is 13.8. The standard InChI is InChI=1S/C16H25N3O/c1-2-20-15-7-9-19(10-8-15)16-6-3-13(12-18-16)11-17-14-4-5-14/h3,6,12,14-15,17H,2,4-5,7-11H2,1H3. The van der Waals surface area contributed by atoms with Crippen molar-refractivity contribution in [3.63, 3.8) is 0 Å². The number of nitrogens with one attached hydrogen (secondary N) is 1. The summed E-state index contributed by atoms with van der Waals surface area (Å²) in [6, 6.07) is 5.12. The smallest absolute Gasteiger partial charge is 0.128 e. The number of anilines is 1. The van der Waals surface area contributed by atoms with E-state index < -0.39 is 0 Å². The lowest BCUT2D eigenvalue weighted by Crippen LogP contribution is -2.37. The maximum absolute atomic E-state index is 5.69. The molecule has 1 aliphatic heterocycles. The van der Waals surface area contributed by atoms with Gasteiger partial charge in [-0.15, -0.1) is 0 Å².